The number of phosphoric acid groups is 2. The van der Waals surface area contributed by atoms with Crippen LogP contribution in [0.1, 0.15) is 42.3 Å². The Balaban J connectivity index is 1.03. The number of aryl methyl sites for hydroxylation is 2. The number of nitrogen functional groups attached to an aromatic ring is 1. The lowest BCUT2D eigenvalue weighted by atomic mass is 9.96. The number of hydrogen-bond donors (Lipinski definition) is 11. The van der Waals surface area contributed by atoms with E-state index >= 15 is 0 Å². The van der Waals surface area contributed by atoms with Gasteiger partial charge in [-0.2, -0.15) is 4.31 Å². The van der Waals surface area contributed by atoms with Crippen LogP contribution < -0.4 is 31.5 Å². The number of aliphatic hydroxyl groups is 5. The second kappa shape index (κ2) is 18.5. The molecular weight excluding hydrogens is 904 g/mol. The number of methoxy groups -OCH3 is 1. The molecule has 0 saturated carbocycles. The zero-order valence-corrected chi connectivity index (χ0v) is 36.7. The minimum absolute atomic E-state index is 0.0229. The fourth-order valence-corrected chi connectivity index (χ4v) is 9.72. The number of hydrogen-bond acceptors (Lipinski definition) is 21. The van der Waals surface area contributed by atoms with E-state index in [1.165, 1.54) is 29.0 Å². The van der Waals surface area contributed by atoms with Crippen LogP contribution in [-0.4, -0.2) is 133 Å². The predicted molar refractivity (Wildman–Crippen MR) is 227 cm³/mol. The molecule has 0 amide bonds. The van der Waals surface area contributed by atoms with E-state index in [1.807, 2.05) is 13.8 Å². The summed E-state index contributed by atoms with van der Waals surface area (Å²) in [6.07, 6.45) is -9.76. The molecule has 352 valence electrons. The number of nitrogens with one attached hydrogen (secondary N) is 2. The highest BCUT2D eigenvalue weighted by atomic mass is 31.3. The number of phosphoric ester groups is 2. The highest BCUT2D eigenvalue weighted by Gasteiger charge is 2.47. The van der Waals surface area contributed by atoms with Gasteiger partial charge in [0.05, 0.1) is 50.6 Å². The van der Waals surface area contributed by atoms with Gasteiger partial charge in [0.15, 0.2) is 29.2 Å². The summed E-state index contributed by atoms with van der Waals surface area (Å²) >= 11 is 0. The Bertz CT molecular complexity index is 2790. The van der Waals surface area contributed by atoms with Crippen molar-refractivity contribution < 1.29 is 72.4 Å². The molecule has 7 rings (SSSR count). The van der Waals surface area contributed by atoms with Gasteiger partial charge in [0.1, 0.15) is 60.0 Å². The summed E-state index contributed by atoms with van der Waals surface area (Å²) in [5, 5.41) is 64.7. The number of aromatic hydroxyl groups is 1. The fourth-order valence-electron chi connectivity index (χ4n) is 7.62. The standard InChI is InChI=1S/C37H47N9O17P2/c1-5-19(18-6-7-22(47)25(10-18)59-4)46-21-9-17(3)16(2)8-20(21)44(34-28(46)35(53)43-37(54)42-34)11-23(48)29(50)24(49)12-60-64(55,56)63-65(57,58)61-13-26-30(51)31(52)36(62-26)45-15-41-27-32(38)39-14-40-33(27)45/h6-10,14-15,19,23-24,26,29-31,36,47-52H,5,11-13H2,1-4H3,(H,55,56)(H,57,58)(H2,38,39,40)(H2,42,43,53,54)/t19-,23+,24-,26+,29+,30-,31-,36-/m1/s1. The number of imidazole rings is 1. The Kier molecular flexibility index (Phi) is 13.6. The van der Waals surface area contributed by atoms with Gasteiger partial charge in [-0.15, -0.1) is 0 Å². The normalized spacial score (nSPS) is 22.1. The first-order valence-corrected chi connectivity index (χ1v) is 22.7. The van der Waals surface area contributed by atoms with Gasteiger partial charge in [0.2, 0.25) is 0 Å². The van der Waals surface area contributed by atoms with Crippen molar-refractivity contribution in [1.82, 2.24) is 29.5 Å². The molecule has 2 unspecified atom stereocenters. The zero-order chi connectivity index (χ0) is 47.3. The van der Waals surface area contributed by atoms with Gasteiger partial charge in [-0.05, 0) is 61.2 Å². The maximum absolute atomic E-state index is 13.8. The van der Waals surface area contributed by atoms with Crippen LogP contribution in [-0.2, 0) is 27.2 Å². The zero-order valence-electron chi connectivity index (χ0n) is 34.9. The van der Waals surface area contributed by atoms with E-state index in [1.54, 1.807) is 36.1 Å². The molecule has 10 atom stereocenters. The van der Waals surface area contributed by atoms with Gasteiger partial charge in [0, 0.05) is 0 Å². The molecule has 0 radical (unpaired) electrons. The Hall–Kier alpha value is -5.31. The summed E-state index contributed by atoms with van der Waals surface area (Å²) in [6, 6.07) is 7.62. The minimum atomic E-state index is -5.60. The molecule has 65 heavy (non-hydrogen) atoms. The fraction of sp³-hybridized carbons (Fsp3) is 0.432. The molecule has 0 bridgehead atoms. The molecule has 26 nitrogen and oxygen atoms in total. The highest BCUT2D eigenvalue weighted by Crippen LogP contribution is 2.61. The second-order valence-electron chi connectivity index (χ2n) is 15.2. The monoisotopic (exact) mass is 951 g/mol. The SMILES string of the molecule is CC[C@H](c1ccc(O)c(OC)c1)N1c2cc(C)c(C)cc2N(C[C@H](O)[C@H](O)[C@H](O)COP(=O)(O)OP(=O)(O)OC[C@@H]2O[C@@H](n3cnc4c(N)ncnc43)[C@H](O)[C@@H]2O)c2[nH]c(=O)[nH]c(=O)c21. The molecule has 0 aliphatic carbocycles. The van der Waals surface area contributed by atoms with E-state index in [-0.39, 0.29) is 40.0 Å². The van der Waals surface area contributed by atoms with Gasteiger partial charge < -0.3 is 65.4 Å². The number of H-pyrrole nitrogens is 2. The molecule has 28 heteroatoms. The van der Waals surface area contributed by atoms with E-state index in [9.17, 15) is 59.1 Å². The van der Waals surface area contributed by atoms with Gasteiger partial charge >= 0.3 is 21.3 Å². The Morgan fingerprint density at radius 3 is 2.32 bits per heavy atom. The smallest absolute Gasteiger partial charge is 0.481 e. The Morgan fingerprint density at radius 1 is 0.938 bits per heavy atom. The Labute approximate surface area is 367 Å². The van der Waals surface area contributed by atoms with Gasteiger partial charge in [-0.25, -0.2) is 28.9 Å². The molecule has 1 fully saturated rings. The maximum Gasteiger partial charge on any atom is 0.481 e. The van der Waals surface area contributed by atoms with Crippen LogP contribution in [0.25, 0.3) is 11.2 Å². The van der Waals surface area contributed by atoms with Crippen LogP contribution >= 0.6 is 15.6 Å². The minimum Gasteiger partial charge on any atom is -0.504 e. The molecule has 2 aromatic carbocycles. The molecule has 1 saturated heterocycles. The molecule has 5 aromatic rings. The number of nitrogens with zero attached hydrogens (tertiary/aromatic N) is 6. The first-order chi connectivity index (χ1) is 30.6. The van der Waals surface area contributed by atoms with E-state index in [0.29, 0.717) is 23.4 Å². The summed E-state index contributed by atoms with van der Waals surface area (Å²) in [5.74, 6) is -0.0172. The highest BCUT2D eigenvalue weighted by molar-refractivity contribution is 7.61. The van der Waals surface area contributed by atoms with E-state index in [4.69, 9.17) is 19.7 Å². The van der Waals surface area contributed by atoms with Crippen LogP contribution in [0.2, 0.25) is 0 Å². The molecule has 2 aliphatic heterocycles. The van der Waals surface area contributed by atoms with Crippen molar-refractivity contribution in [2.24, 2.45) is 0 Å². The summed E-state index contributed by atoms with van der Waals surface area (Å²) in [4.78, 5) is 66.9. The number of aliphatic hydroxyl groups excluding tert-OH is 5. The second-order valence-corrected chi connectivity index (χ2v) is 18.3. The number of aromatic nitrogens is 6. The Morgan fingerprint density at radius 2 is 1.63 bits per heavy atom. The number of aromatic amines is 2. The number of phenolic OH excluding ortho intramolecular Hbond substituents is 1. The van der Waals surface area contributed by atoms with Gasteiger partial charge in [-0.1, -0.05) is 13.0 Å². The quantitative estimate of drug-likeness (QED) is 0.0566. The van der Waals surface area contributed by atoms with Crippen molar-refractivity contribution in [3.8, 4) is 11.5 Å². The average Bonchev–Trinajstić information content (AvgIpc) is 3.80. The molecular formula is C37H47N9O17P2. The van der Waals surface area contributed by atoms with Crippen LogP contribution in [0, 0.1) is 13.8 Å². The summed E-state index contributed by atoms with van der Waals surface area (Å²) < 4.78 is 51.4. The van der Waals surface area contributed by atoms with E-state index in [2.05, 4.69) is 33.8 Å². The van der Waals surface area contributed by atoms with E-state index in [0.717, 1.165) is 17.5 Å². The number of nitrogens with two attached hydrogens (primary N) is 1. The molecule has 0 spiro atoms. The summed E-state index contributed by atoms with van der Waals surface area (Å²) in [5.41, 5.74) is 7.29. The van der Waals surface area contributed by atoms with Crippen molar-refractivity contribution in [3.63, 3.8) is 0 Å². The van der Waals surface area contributed by atoms with Gasteiger partial charge in [-0.3, -0.25) is 28.4 Å². The number of rotatable bonds is 17. The maximum atomic E-state index is 13.8. The third kappa shape index (κ3) is 9.53. The van der Waals surface area contributed by atoms with Crippen molar-refractivity contribution >= 4 is 55.5 Å². The predicted octanol–water partition coefficient (Wildman–Crippen LogP) is 0.510. The van der Waals surface area contributed by atoms with Crippen molar-refractivity contribution in [2.75, 3.05) is 42.4 Å². The number of β-amino-alcohol motifs (C(OH)–C–C–N with tert-alkyl or cyclic N) is 1. The third-order valence-electron chi connectivity index (χ3n) is 11.0. The lowest BCUT2D eigenvalue weighted by Crippen LogP contribution is -2.47. The first kappa shape index (κ1) is 47.6. The number of fused-ring (bicyclic) bond motifs is 3. The van der Waals surface area contributed by atoms with Crippen molar-refractivity contribution in [3.05, 3.63) is 80.5 Å². The van der Waals surface area contributed by atoms with Crippen LogP contribution in [0.15, 0.2) is 52.6 Å². The van der Waals surface area contributed by atoms with Crippen molar-refractivity contribution in [2.45, 2.75) is 76.1 Å². The van der Waals surface area contributed by atoms with Crippen LogP contribution in [0.4, 0.5) is 28.7 Å². The average molecular weight is 952 g/mol. The number of phenols is 1. The summed E-state index contributed by atoms with van der Waals surface area (Å²) in [7, 11) is -9.75. The van der Waals surface area contributed by atoms with Crippen LogP contribution in [0.3, 0.4) is 0 Å². The molecule has 3 aromatic heterocycles. The lowest BCUT2D eigenvalue weighted by molar-refractivity contribution is -0.0719. The number of anilines is 5. The molecule has 5 heterocycles. The topological polar surface area (TPSA) is 384 Å². The number of benzene rings is 2. The van der Waals surface area contributed by atoms with Crippen molar-refractivity contribution in [1.29, 1.82) is 0 Å². The third-order valence-corrected chi connectivity index (χ3v) is 13.6. The largest absolute Gasteiger partial charge is 0.504 e. The molecule has 2 aliphatic rings. The van der Waals surface area contributed by atoms with Gasteiger partial charge in [0.25, 0.3) is 5.56 Å². The molecule has 12 N–H and O–H groups in total. The van der Waals surface area contributed by atoms with Crippen LogP contribution in [0.5, 0.6) is 11.5 Å². The number of ether oxygens (including phenoxy) is 2. The van der Waals surface area contributed by atoms with E-state index < -0.39 is 95.5 Å². The summed E-state index contributed by atoms with van der Waals surface area (Å²) in [6.45, 7) is 2.66. The lowest BCUT2D eigenvalue weighted by Gasteiger charge is -2.43. The first-order valence-electron chi connectivity index (χ1n) is 19.7.